The molecule has 1 aliphatic rings. The summed E-state index contributed by atoms with van der Waals surface area (Å²) in [6, 6.07) is 14.0. The summed E-state index contributed by atoms with van der Waals surface area (Å²) >= 11 is 5.66. The number of carbonyl (C=O) groups is 1. The van der Waals surface area contributed by atoms with Crippen LogP contribution in [0.4, 0.5) is 15.8 Å². The minimum Gasteiger partial charge on any atom is -0.486 e. The smallest absolute Gasteiger partial charge is 0.261 e. The van der Waals surface area contributed by atoms with Crippen LogP contribution in [0.2, 0.25) is 5.02 Å². The molecule has 0 fully saturated rings. The molecule has 0 unspecified atom stereocenters. The zero-order valence-electron chi connectivity index (χ0n) is 15.9. The number of amides is 1. The molecule has 0 radical (unpaired) electrons. The van der Waals surface area contributed by atoms with Crippen molar-refractivity contribution < 1.29 is 27.1 Å². The van der Waals surface area contributed by atoms with E-state index in [1.165, 1.54) is 24.3 Å². The van der Waals surface area contributed by atoms with Gasteiger partial charge in [0, 0.05) is 23.0 Å². The first-order chi connectivity index (χ1) is 14.8. The van der Waals surface area contributed by atoms with Crippen molar-refractivity contribution in [2.24, 2.45) is 0 Å². The molecule has 0 aliphatic carbocycles. The third-order valence-electron chi connectivity index (χ3n) is 4.40. The summed E-state index contributed by atoms with van der Waals surface area (Å²) in [5, 5.41) is 2.45. The molecule has 3 aromatic rings. The van der Waals surface area contributed by atoms with Crippen LogP contribution in [0.15, 0.2) is 65.6 Å². The van der Waals surface area contributed by atoms with Gasteiger partial charge in [-0.15, -0.1) is 0 Å². The fraction of sp³-hybridized carbons (Fsp3) is 0.0952. The minimum atomic E-state index is -3.97. The second kappa shape index (κ2) is 8.44. The molecule has 0 saturated carbocycles. The average molecular weight is 463 g/mol. The molecule has 10 heteroatoms. The van der Waals surface area contributed by atoms with Crippen molar-refractivity contribution in [1.82, 2.24) is 0 Å². The Morgan fingerprint density at radius 3 is 2.29 bits per heavy atom. The van der Waals surface area contributed by atoms with Crippen molar-refractivity contribution >= 4 is 38.9 Å². The first-order valence-corrected chi connectivity index (χ1v) is 11.0. The maximum absolute atomic E-state index is 13.3. The Bertz CT molecular complexity index is 1250. The highest BCUT2D eigenvalue weighted by Crippen LogP contribution is 2.32. The van der Waals surface area contributed by atoms with Gasteiger partial charge < -0.3 is 14.8 Å². The highest BCUT2D eigenvalue weighted by molar-refractivity contribution is 7.92. The number of benzene rings is 3. The monoisotopic (exact) mass is 462 g/mol. The Balaban J connectivity index is 1.45. The number of hydrogen-bond donors (Lipinski definition) is 2. The average Bonchev–Trinajstić information content (AvgIpc) is 2.75. The van der Waals surface area contributed by atoms with Crippen molar-refractivity contribution in [3.05, 3.63) is 77.1 Å². The Kier molecular flexibility index (Phi) is 5.71. The Morgan fingerprint density at radius 1 is 0.903 bits per heavy atom. The van der Waals surface area contributed by atoms with Crippen LogP contribution in [-0.4, -0.2) is 27.5 Å². The Morgan fingerprint density at radius 2 is 1.58 bits per heavy atom. The van der Waals surface area contributed by atoms with Crippen LogP contribution in [0.25, 0.3) is 0 Å². The molecule has 3 aromatic carbocycles. The number of nitrogens with one attached hydrogen (secondary N) is 2. The summed E-state index contributed by atoms with van der Waals surface area (Å²) in [5.74, 6) is 0.0726. The van der Waals surface area contributed by atoms with Gasteiger partial charge in [0.25, 0.3) is 15.9 Å². The van der Waals surface area contributed by atoms with Gasteiger partial charge in [0.15, 0.2) is 11.5 Å². The van der Waals surface area contributed by atoms with Gasteiger partial charge in [0.05, 0.1) is 9.92 Å². The minimum absolute atomic E-state index is 0.181. The summed E-state index contributed by atoms with van der Waals surface area (Å²) in [7, 11) is -3.97. The van der Waals surface area contributed by atoms with Crippen LogP contribution >= 0.6 is 11.6 Å². The lowest BCUT2D eigenvalue weighted by molar-refractivity contribution is 0.102. The van der Waals surface area contributed by atoms with Gasteiger partial charge in [0.2, 0.25) is 0 Å². The van der Waals surface area contributed by atoms with E-state index < -0.39 is 15.8 Å². The molecule has 0 bridgehead atoms. The van der Waals surface area contributed by atoms with Crippen LogP contribution in [0, 0.1) is 5.82 Å². The van der Waals surface area contributed by atoms with E-state index in [0.717, 1.165) is 18.2 Å². The maximum Gasteiger partial charge on any atom is 0.261 e. The van der Waals surface area contributed by atoms with Crippen molar-refractivity contribution in [3.63, 3.8) is 0 Å². The van der Waals surface area contributed by atoms with Crippen molar-refractivity contribution in [3.8, 4) is 11.5 Å². The summed E-state index contributed by atoms with van der Waals surface area (Å²) < 4.78 is 51.5. The van der Waals surface area contributed by atoms with Crippen LogP contribution < -0.4 is 19.5 Å². The summed E-state index contributed by atoms with van der Waals surface area (Å²) in [5.41, 5.74) is 1.09. The molecule has 0 spiro atoms. The summed E-state index contributed by atoms with van der Waals surface area (Å²) in [4.78, 5) is 12.3. The van der Waals surface area contributed by atoms with Gasteiger partial charge in [-0.3, -0.25) is 9.52 Å². The number of carbonyl (C=O) groups excluding carboxylic acids is 1. The molecule has 31 heavy (non-hydrogen) atoms. The predicted molar refractivity (Wildman–Crippen MR) is 114 cm³/mol. The molecule has 2 N–H and O–H groups in total. The standard InChI is InChI=1S/C21H16ClFN2O5S/c22-17-12-16(6-7-18(17)23)31(27,28)25-14-3-1-13(2-4-14)21(26)24-15-5-8-19-20(11-15)30-10-9-29-19/h1-8,11-12,25H,9-10H2,(H,24,26). The van der Waals surface area contributed by atoms with E-state index in [0.29, 0.717) is 36.0 Å². The van der Waals surface area contributed by atoms with Crippen LogP contribution in [0.3, 0.4) is 0 Å². The molecule has 1 amide bonds. The van der Waals surface area contributed by atoms with Crippen molar-refractivity contribution in [2.75, 3.05) is 23.3 Å². The van der Waals surface area contributed by atoms with Crippen LogP contribution in [-0.2, 0) is 10.0 Å². The Hall–Kier alpha value is -3.30. The number of rotatable bonds is 5. The normalized spacial score (nSPS) is 12.8. The van der Waals surface area contributed by atoms with Crippen molar-refractivity contribution in [2.45, 2.75) is 4.90 Å². The lowest BCUT2D eigenvalue weighted by atomic mass is 10.2. The second-order valence-electron chi connectivity index (χ2n) is 6.57. The Labute approximate surface area is 182 Å². The van der Waals surface area contributed by atoms with Gasteiger partial charge in [-0.05, 0) is 54.6 Å². The van der Waals surface area contributed by atoms with Gasteiger partial charge >= 0.3 is 0 Å². The van der Waals surface area contributed by atoms with E-state index in [-0.39, 0.29) is 21.5 Å². The number of fused-ring (bicyclic) bond motifs is 1. The van der Waals surface area contributed by atoms with E-state index in [9.17, 15) is 17.6 Å². The van der Waals surface area contributed by atoms with Gasteiger partial charge in [-0.25, -0.2) is 12.8 Å². The van der Waals surface area contributed by atoms with E-state index >= 15 is 0 Å². The molecule has 0 aromatic heterocycles. The number of hydrogen-bond acceptors (Lipinski definition) is 5. The lowest BCUT2D eigenvalue weighted by Gasteiger charge is -2.19. The van der Waals surface area contributed by atoms with Gasteiger partial charge in [-0.2, -0.15) is 0 Å². The quantitative estimate of drug-likeness (QED) is 0.589. The lowest BCUT2D eigenvalue weighted by Crippen LogP contribution is -2.16. The molecule has 160 valence electrons. The topological polar surface area (TPSA) is 93.7 Å². The molecule has 4 rings (SSSR count). The first kappa shape index (κ1) is 21.0. The summed E-state index contributed by atoms with van der Waals surface area (Å²) in [6.45, 7) is 0.912. The van der Waals surface area contributed by atoms with E-state index in [4.69, 9.17) is 21.1 Å². The predicted octanol–water partition coefficient (Wildman–Crippen LogP) is 4.30. The van der Waals surface area contributed by atoms with Crippen molar-refractivity contribution in [1.29, 1.82) is 0 Å². The molecular formula is C21H16ClFN2O5S. The number of halogens is 2. The third kappa shape index (κ3) is 4.73. The molecule has 0 saturated heterocycles. The molecule has 1 aliphatic heterocycles. The van der Waals surface area contributed by atoms with E-state index in [2.05, 4.69) is 10.0 Å². The van der Waals surface area contributed by atoms with E-state index in [1.54, 1.807) is 18.2 Å². The molecule has 1 heterocycles. The molecule has 7 nitrogen and oxygen atoms in total. The highest BCUT2D eigenvalue weighted by atomic mass is 35.5. The maximum atomic E-state index is 13.3. The fourth-order valence-corrected chi connectivity index (χ4v) is 4.20. The van der Waals surface area contributed by atoms with Gasteiger partial charge in [-0.1, -0.05) is 11.6 Å². The number of sulfonamides is 1. The van der Waals surface area contributed by atoms with Crippen LogP contribution in [0.5, 0.6) is 11.5 Å². The fourth-order valence-electron chi connectivity index (χ4n) is 2.87. The zero-order valence-corrected chi connectivity index (χ0v) is 17.5. The SMILES string of the molecule is O=C(Nc1ccc2c(c1)OCCO2)c1ccc(NS(=O)(=O)c2ccc(F)c(Cl)c2)cc1. The van der Waals surface area contributed by atoms with E-state index in [1.807, 2.05) is 0 Å². The number of ether oxygens (including phenoxy) is 2. The number of anilines is 2. The third-order valence-corrected chi connectivity index (χ3v) is 6.07. The zero-order chi connectivity index (χ0) is 22.0. The van der Waals surface area contributed by atoms with Gasteiger partial charge in [0.1, 0.15) is 19.0 Å². The highest BCUT2D eigenvalue weighted by Gasteiger charge is 2.17. The second-order valence-corrected chi connectivity index (χ2v) is 8.66. The first-order valence-electron chi connectivity index (χ1n) is 9.11. The molecular weight excluding hydrogens is 447 g/mol. The van der Waals surface area contributed by atoms with Crippen LogP contribution in [0.1, 0.15) is 10.4 Å². The molecule has 0 atom stereocenters. The summed E-state index contributed by atoms with van der Waals surface area (Å²) in [6.07, 6.45) is 0. The largest absolute Gasteiger partial charge is 0.486 e.